The third-order valence-corrected chi connectivity index (χ3v) is 3.44. The van der Waals surface area contributed by atoms with E-state index in [0.29, 0.717) is 18.2 Å². The summed E-state index contributed by atoms with van der Waals surface area (Å²) in [5, 5.41) is 7.01. The second-order valence-electron chi connectivity index (χ2n) is 5.11. The minimum Gasteiger partial charge on any atom is -0.283 e. The van der Waals surface area contributed by atoms with E-state index in [4.69, 9.17) is 0 Å². The zero-order valence-electron chi connectivity index (χ0n) is 12.7. The number of aromatic amines is 1. The van der Waals surface area contributed by atoms with Gasteiger partial charge in [-0.3, -0.25) is 14.8 Å². The summed E-state index contributed by atoms with van der Waals surface area (Å²) >= 11 is 0. The lowest BCUT2D eigenvalue weighted by molar-refractivity contribution is -0.118. The zero-order valence-corrected chi connectivity index (χ0v) is 12.7. The Morgan fingerprint density at radius 2 is 1.95 bits per heavy atom. The van der Waals surface area contributed by atoms with Gasteiger partial charge in [0.05, 0.1) is 0 Å². The molecule has 1 aromatic heterocycles. The third kappa shape index (κ3) is 4.15. The predicted molar refractivity (Wildman–Crippen MR) is 84.0 cm³/mol. The first-order valence-corrected chi connectivity index (χ1v) is 7.46. The van der Waals surface area contributed by atoms with Crippen LogP contribution in [0.1, 0.15) is 39.0 Å². The lowest BCUT2D eigenvalue weighted by atomic mass is 10.1. The molecule has 112 valence electrons. The molecule has 0 saturated heterocycles. The molecule has 1 N–H and O–H groups in total. The van der Waals surface area contributed by atoms with Crippen molar-refractivity contribution in [3.8, 4) is 11.4 Å². The average Bonchev–Trinajstić information content (AvgIpc) is 3.01. The summed E-state index contributed by atoms with van der Waals surface area (Å²) in [6.07, 6.45) is 4.92. The quantitative estimate of drug-likeness (QED) is 0.793. The Balaban J connectivity index is 1.95. The van der Waals surface area contributed by atoms with Crippen LogP contribution in [0.15, 0.2) is 30.3 Å². The number of carbonyl (C=O) groups is 1. The molecule has 1 amide bonds. The molecule has 0 spiro atoms. The maximum atomic E-state index is 12.1. The van der Waals surface area contributed by atoms with Gasteiger partial charge in [0.1, 0.15) is 0 Å². The Bertz CT molecular complexity index is 565. The Kier molecular flexibility index (Phi) is 5.49. The van der Waals surface area contributed by atoms with Gasteiger partial charge in [-0.05, 0) is 6.42 Å². The van der Waals surface area contributed by atoms with Gasteiger partial charge in [-0.1, -0.05) is 56.5 Å². The number of hydrogen-bond donors (Lipinski definition) is 1. The predicted octanol–water partition coefficient (Wildman–Crippen LogP) is 3.40. The lowest BCUT2D eigenvalue weighted by Gasteiger charge is -2.12. The van der Waals surface area contributed by atoms with E-state index in [-0.39, 0.29) is 5.91 Å². The molecule has 1 heterocycles. The van der Waals surface area contributed by atoms with Crippen LogP contribution < -0.4 is 4.90 Å². The van der Waals surface area contributed by atoms with Crippen LogP contribution in [0.25, 0.3) is 11.4 Å². The van der Waals surface area contributed by atoms with Gasteiger partial charge in [-0.25, -0.2) is 0 Å². The molecule has 0 saturated carbocycles. The van der Waals surface area contributed by atoms with Crippen molar-refractivity contribution >= 4 is 11.9 Å². The van der Waals surface area contributed by atoms with Crippen LogP contribution in [0.2, 0.25) is 0 Å². The van der Waals surface area contributed by atoms with Crippen LogP contribution in [0.4, 0.5) is 5.95 Å². The highest BCUT2D eigenvalue weighted by molar-refractivity contribution is 5.91. The first-order valence-electron chi connectivity index (χ1n) is 7.46. The van der Waals surface area contributed by atoms with Gasteiger partial charge < -0.3 is 0 Å². The number of unbranched alkanes of at least 4 members (excludes halogenated alkanes) is 3. The van der Waals surface area contributed by atoms with E-state index in [9.17, 15) is 4.79 Å². The van der Waals surface area contributed by atoms with Crippen molar-refractivity contribution < 1.29 is 4.79 Å². The fourth-order valence-electron chi connectivity index (χ4n) is 2.11. The summed E-state index contributed by atoms with van der Waals surface area (Å²) in [7, 11) is 1.72. The number of rotatable bonds is 7. The first kappa shape index (κ1) is 15.2. The normalized spacial score (nSPS) is 10.6. The summed E-state index contributed by atoms with van der Waals surface area (Å²) in [4.78, 5) is 18.0. The van der Waals surface area contributed by atoms with Crippen LogP contribution in [-0.4, -0.2) is 28.1 Å². The minimum atomic E-state index is 0.0599. The molecule has 0 aliphatic carbocycles. The van der Waals surface area contributed by atoms with Crippen LogP contribution in [0.3, 0.4) is 0 Å². The molecule has 0 radical (unpaired) electrons. The molecule has 0 atom stereocenters. The van der Waals surface area contributed by atoms with Crippen molar-refractivity contribution in [2.75, 3.05) is 11.9 Å². The zero-order chi connectivity index (χ0) is 15.1. The molecular formula is C16H22N4O. The summed E-state index contributed by atoms with van der Waals surface area (Å²) in [5.74, 6) is 1.16. The maximum Gasteiger partial charge on any atom is 0.251 e. The van der Waals surface area contributed by atoms with E-state index >= 15 is 0 Å². The Morgan fingerprint density at radius 3 is 2.67 bits per heavy atom. The van der Waals surface area contributed by atoms with Gasteiger partial charge in [0.25, 0.3) is 5.95 Å². The minimum absolute atomic E-state index is 0.0599. The molecule has 0 fully saturated rings. The Morgan fingerprint density at radius 1 is 1.19 bits per heavy atom. The molecule has 2 aromatic rings. The smallest absolute Gasteiger partial charge is 0.251 e. The SMILES string of the molecule is CCCCCCC(=O)N(C)c1n[nH]c(-c2ccccc2)n1. The van der Waals surface area contributed by atoms with Crippen molar-refractivity contribution in [3.05, 3.63) is 30.3 Å². The summed E-state index contributed by atoms with van der Waals surface area (Å²) in [5.41, 5.74) is 0.958. The molecule has 5 heteroatoms. The second-order valence-corrected chi connectivity index (χ2v) is 5.11. The second kappa shape index (κ2) is 7.57. The highest BCUT2D eigenvalue weighted by atomic mass is 16.2. The van der Waals surface area contributed by atoms with Gasteiger partial charge in [-0.2, -0.15) is 4.98 Å². The highest BCUT2D eigenvalue weighted by Gasteiger charge is 2.15. The van der Waals surface area contributed by atoms with E-state index in [0.717, 1.165) is 18.4 Å². The monoisotopic (exact) mass is 286 g/mol. The number of hydrogen-bond acceptors (Lipinski definition) is 3. The Labute approximate surface area is 125 Å². The molecule has 5 nitrogen and oxygen atoms in total. The molecular weight excluding hydrogens is 264 g/mol. The number of nitrogens with zero attached hydrogens (tertiary/aromatic N) is 3. The highest BCUT2D eigenvalue weighted by Crippen LogP contribution is 2.17. The van der Waals surface area contributed by atoms with E-state index in [1.165, 1.54) is 17.7 Å². The van der Waals surface area contributed by atoms with Crippen molar-refractivity contribution in [1.29, 1.82) is 0 Å². The number of nitrogens with one attached hydrogen (secondary N) is 1. The average molecular weight is 286 g/mol. The molecule has 0 aliphatic rings. The van der Waals surface area contributed by atoms with Crippen LogP contribution in [-0.2, 0) is 4.79 Å². The lowest BCUT2D eigenvalue weighted by Crippen LogP contribution is -2.26. The van der Waals surface area contributed by atoms with Crippen LogP contribution in [0, 0.1) is 0 Å². The fraction of sp³-hybridized carbons (Fsp3) is 0.438. The van der Waals surface area contributed by atoms with Gasteiger partial charge in [-0.15, -0.1) is 5.10 Å². The number of H-pyrrole nitrogens is 1. The number of amides is 1. The Hall–Kier alpha value is -2.17. The molecule has 2 rings (SSSR count). The van der Waals surface area contributed by atoms with Crippen molar-refractivity contribution in [2.24, 2.45) is 0 Å². The van der Waals surface area contributed by atoms with Crippen molar-refractivity contribution in [2.45, 2.75) is 39.0 Å². The van der Waals surface area contributed by atoms with Crippen LogP contribution >= 0.6 is 0 Å². The van der Waals surface area contributed by atoms with E-state index in [2.05, 4.69) is 22.1 Å². The van der Waals surface area contributed by atoms with Crippen molar-refractivity contribution in [3.63, 3.8) is 0 Å². The van der Waals surface area contributed by atoms with E-state index in [1.807, 2.05) is 30.3 Å². The third-order valence-electron chi connectivity index (χ3n) is 3.44. The van der Waals surface area contributed by atoms with Gasteiger partial charge in [0.2, 0.25) is 5.91 Å². The number of carbonyl (C=O) groups excluding carboxylic acids is 1. The largest absolute Gasteiger partial charge is 0.283 e. The fourth-order valence-corrected chi connectivity index (χ4v) is 2.11. The van der Waals surface area contributed by atoms with Crippen molar-refractivity contribution in [1.82, 2.24) is 15.2 Å². The summed E-state index contributed by atoms with van der Waals surface area (Å²) < 4.78 is 0. The molecule has 21 heavy (non-hydrogen) atoms. The maximum absolute atomic E-state index is 12.1. The van der Waals surface area contributed by atoms with Gasteiger partial charge in [0.15, 0.2) is 5.82 Å². The molecule has 0 unspecified atom stereocenters. The van der Waals surface area contributed by atoms with Gasteiger partial charge >= 0.3 is 0 Å². The number of aromatic nitrogens is 3. The number of anilines is 1. The summed E-state index contributed by atoms with van der Waals surface area (Å²) in [6.45, 7) is 2.16. The van der Waals surface area contributed by atoms with E-state index < -0.39 is 0 Å². The topological polar surface area (TPSA) is 61.9 Å². The number of benzene rings is 1. The standard InChI is InChI=1S/C16H22N4O/c1-3-4-5-9-12-14(21)20(2)16-17-15(18-19-16)13-10-7-6-8-11-13/h6-8,10-11H,3-5,9,12H2,1-2H3,(H,17,18,19). The molecule has 1 aromatic carbocycles. The summed E-state index contributed by atoms with van der Waals surface area (Å²) in [6, 6.07) is 9.75. The molecule has 0 bridgehead atoms. The van der Waals surface area contributed by atoms with Crippen LogP contribution in [0.5, 0.6) is 0 Å². The molecule has 0 aliphatic heterocycles. The van der Waals surface area contributed by atoms with Gasteiger partial charge in [0, 0.05) is 19.0 Å². The van der Waals surface area contributed by atoms with E-state index in [1.54, 1.807) is 7.05 Å². The first-order chi connectivity index (χ1) is 10.2.